The Morgan fingerprint density at radius 1 is 0.971 bits per heavy atom. The number of benzene rings is 2. The molecule has 0 atom stereocenters. The van der Waals surface area contributed by atoms with Gasteiger partial charge in [-0.2, -0.15) is 0 Å². The summed E-state index contributed by atoms with van der Waals surface area (Å²) in [6, 6.07) is 8.90. The van der Waals surface area contributed by atoms with Crippen LogP contribution >= 0.6 is 0 Å². The third-order valence-corrected chi connectivity index (χ3v) is 7.55. The summed E-state index contributed by atoms with van der Waals surface area (Å²) in [5.74, 6) is 0.209. The SMILES string of the molecule is O=[N+]([O-])c1cc(N2CCC(CO)CC2)cc(-c2ccc3c(c2)ncn3C2CCCCC2)c1[N+](=O)[O-]. The summed E-state index contributed by atoms with van der Waals surface area (Å²) in [7, 11) is 0. The first kappa shape index (κ1) is 23.2. The number of nitro groups is 2. The van der Waals surface area contributed by atoms with Crippen LogP contribution in [0.2, 0.25) is 0 Å². The number of aliphatic hydroxyl groups is 1. The lowest BCUT2D eigenvalue weighted by molar-refractivity contribution is -0.422. The summed E-state index contributed by atoms with van der Waals surface area (Å²) in [6.45, 7) is 1.38. The number of nitrogens with zero attached hydrogens (tertiary/aromatic N) is 5. The molecule has 0 radical (unpaired) electrons. The summed E-state index contributed by atoms with van der Waals surface area (Å²) in [5, 5.41) is 33.3. The molecule has 1 saturated carbocycles. The van der Waals surface area contributed by atoms with Crippen molar-refractivity contribution >= 4 is 28.1 Å². The zero-order valence-electron chi connectivity index (χ0n) is 19.5. The molecule has 2 aromatic carbocycles. The quantitative estimate of drug-likeness (QED) is 0.378. The molecular weight excluding hydrogens is 450 g/mol. The van der Waals surface area contributed by atoms with Gasteiger partial charge in [0, 0.05) is 37.5 Å². The summed E-state index contributed by atoms with van der Waals surface area (Å²) in [6.07, 6.45) is 9.23. The Hall–Kier alpha value is -3.53. The van der Waals surface area contributed by atoms with Gasteiger partial charge in [-0.25, -0.2) is 4.98 Å². The molecule has 1 aliphatic heterocycles. The molecule has 2 fully saturated rings. The van der Waals surface area contributed by atoms with Crippen molar-refractivity contribution in [3.63, 3.8) is 0 Å². The van der Waals surface area contributed by atoms with Gasteiger partial charge in [-0.1, -0.05) is 25.3 Å². The first-order chi connectivity index (χ1) is 17.0. The van der Waals surface area contributed by atoms with Gasteiger partial charge in [0.05, 0.1) is 32.8 Å². The van der Waals surface area contributed by atoms with E-state index in [1.165, 1.54) is 25.3 Å². The number of hydrogen-bond donors (Lipinski definition) is 1. The van der Waals surface area contributed by atoms with Gasteiger partial charge in [0.2, 0.25) is 0 Å². The van der Waals surface area contributed by atoms with Gasteiger partial charge >= 0.3 is 11.4 Å². The summed E-state index contributed by atoms with van der Waals surface area (Å²) < 4.78 is 2.19. The van der Waals surface area contributed by atoms with Crippen LogP contribution in [0.25, 0.3) is 22.2 Å². The molecule has 184 valence electrons. The molecule has 3 aromatic rings. The molecule has 1 N–H and O–H groups in total. The van der Waals surface area contributed by atoms with Gasteiger partial charge in [-0.15, -0.1) is 0 Å². The van der Waals surface area contributed by atoms with Gasteiger partial charge < -0.3 is 14.6 Å². The van der Waals surface area contributed by atoms with E-state index in [4.69, 9.17) is 0 Å². The number of imidazole rings is 1. The van der Waals surface area contributed by atoms with Crippen LogP contribution in [0, 0.1) is 26.1 Å². The summed E-state index contributed by atoms with van der Waals surface area (Å²) >= 11 is 0. The lowest BCUT2D eigenvalue weighted by Gasteiger charge is -2.33. The minimum absolute atomic E-state index is 0.118. The van der Waals surface area contributed by atoms with E-state index in [9.17, 15) is 25.3 Å². The highest BCUT2D eigenvalue weighted by Gasteiger charge is 2.32. The molecule has 10 heteroatoms. The molecule has 5 rings (SSSR count). The first-order valence-corrected chi connectivity index (χ1v) is 12.3. The van der Waals surface area contributed by atoms with Gasteiger partial charge in [0.1, 0.15) is 0 Å². The van der Waals surface area contributed by atoms with Crippen LogP contribution in [0.4, 0.5) is 17.1 Å². The average molecular weight is 480 g/mol. The predicted molar refractivity (Wildman–Crippen MR) is 133 cm³/mol. The van der Waals surface area contributed by atoms with Crippen LogP contribution in [0.5, 0.6) is 0 Å². The number of aromatic nitrogens is 2. The van der Waals surface area contributed by atoms with E-state index in [0.717, 1.165) is 36.7 Å². The maximum absolute atomic E-state index is 12.0. The Balaban J connectivity index is 1.58. The molecule has 2 aliphatic rings. The second-order valence-electron chi connectivity index (χ2n) is 9.64. The Bertz CT molecular complexity index is 1260. The first-order valence-electron chi connectivity index (χ1n) is 12.3. The lowest BCUT2D eigenvalue weighted by Crippen LogP contribution is -2.34. The maximum Gasteiger partial charge on any atom is 0.353 e. The smallest absolute Gasteiger partial charge is 0.353 e. The van der Waals surface area contributed by atoms with E-state index in [-0.39, 0.29) is 18.1 Å². The van der Waals surface area contributed by atoms with E-state index in [0.29, 0.717) is 30.4 Å². The van der Waals surface area contributed by atoms with Crippen molar-refractivity contribution in [3.8, 4) is 11.1 Å². The third kappa shape index (κ3) is 4.45. The highest BCUT2D eigenvalue weighted by molar-refractivity contribution is 5.89. The maximum atomic E-state index is 12.0. The van der Waals surface area contributed by atoms with E-state index < -0.39 is 21.2 Å². The van der Waals surface area contributed by atoms with Crippen molar-refractivity contribution in [2.45, 2.75) is 51.0 Å². The number of hydrogen-bond acceptors (Lipinski definition) is 7. The fourth-order valence-electron chi connectivity index (χ4n) is 5.56. The van der Waals surface area contributed by atoms with Gasteiger partial charge in [-0.3, -0.25) is 20.2 Å². The van der Waals surface area contributed by atoms with Crippen molar-refractivity contribution in [2.75, 3.05) is 24.6 Å². The van der Waals surface area contributed by atoms with Crippen LogP contribution in [0.1, 0.15) is 51.0 Å². The second kappa shape index (κ2) is 9.61. The van der Waals surface area contributed by atoms with Crippen molar-refractivity contribution in [1.29, 1.82) is 0 Å². The number of anilines is 1. The number of piperidine rings is 1. The fraction of sp³-hybridized carbons (Fsp3) is 0.480. The van der Waals surface area contributed by atoms with Crippen LogP contribution in [-0.4, -0.2) is 44.2 Å². The Morgan fingerprint density at radius 3 is 2.37 bits per heavy atom. The summed E-state index contributed by atoms with van der Waals surface area (Å²) in [5.41, 5.74) is 2.02. The van der Waals surface area contributed by atoms with E-state index in [1.54, 1.807) is 18.2 Å². The minimum Gasteiger partial charge on any atom is -0.396 e. The van der Waals surface area contributed by atoms with Crippen molar-refractivity contribution in [2.24, 2.45) is 5.92 Å². The monoisotopic (exact) mass is 479 g/mol. The Labute approximate surface area is 202 Å². The summed E-state index contributed by atoms with van der Waals surface area (Å²) in [4.78, 5) is 29.1. The number of aliphatic hydroxyl groups excluding tert-OH is 1. The van der Waals surface area contributed by atoms with E-state index in [2.05, 4.69) is 9.55 Å². The molecule has 1 saturated heterocycles. The van der Waals surface area contributed by atoms with Crippen molar-refractivity contribution in [1.82, 2.24) is 9.55 Å². The standard InChI is InChI=1S/C25H29N5O5/c31-15-17-8-10-27(11-9-17)20-13-21(25(30(34)35)24(14-20)29(32)33)18-6-7-23-22(12-18)26-16-28(23)19-4-2-1-3-5-19/h6-7,12-14,16-17,19,31H,1-5,8-11,15H2. The highest BCUT2D eigenvalue weighted by Crippen LogP contribution is 2.43. The molecule has 1 aromatic heterocycles. The van der Waals surface area contributed by atoms with E-state index >= 15 is 0 Å². The predicted octanol–water partition coefficient (Wildman–Crippen LogP) is 5.23. The lowest BCUT2D eigenvalue weighted by atomic mass is 9.95. The zero-order chi connectivity index (χ0) is 24.5. The topological polar surface area (TPSA) is 128 Å². The van der Waals surface area contributed by atoms with Crippen LogP contribution in [-0.2, 0) is 0 Å². The Kier molecular flexibility index (Phi) is 6.38. The van der Waals surface area contributed by atoms with Gasteiger partial charge in [0.25, 0.3) is 0 Å². The number of fused-ring (bicyclic) bond motifs is 1. The van der Waals surface area contributed by atoms with Crippen molar-refractivity contribution < 1.29 is 15.0 Å². The molecule has 0 spiro atoms. The van der Waals surface area contributed by atoms with Crippen LogP contribution in [0.15, 0.2) is 36.7 Å². The molecular formula is C25H29N5O5. The minimum atomic E-state index is -0.679. The highest BCUT2D eigenvalue weighted by atomic mass is 16.6. The average Bonchev–Trinajstić information content (AvgIpc) is 3.31. The largest absolute Gasteiger partial charge is 0.396 e. The zero-order valence-corrected chi connectivity index (χ0v) is 19.5. The molecule has 1 aliphatic carbocycles. The molecule has 0 bridgehead atoms. The molecule has 2 heterocycles. The molecule has 35 heavy (non-hydrogen) atoms. The van der Waals surface area contributed by atoms with Gasteiger partial charge in [0.15, 0.2) is 0 Å². The fourth-order valence-corrected chi connectivity index (χ4v) is 5.56. The Morgan fingerprint density at radius 2 is 1.71 bits per heavy atom. The number of nitro benzene ring substituents is 2. The third-order valence-electron chi connectivity index (χ3n) is 7.55. The van der Waals surface area contributed by atoms with Gasteiger partial charge in [-0.05, 0) is 55.4 Å². The normalized spacial score (nSPS) is 17.7. The molecule has 10 nitrogen and oxygen atoms in total. The molecule has 0 unspecified atom stereocenters. The van der Waals surface area contributed by atoms with Crippen LogP contribution in [0.3, 0.4) is 0 Å². The second-order valence-corrected chi connectivity index (χ2v) is 9.64. The van der Waals surface area contributed by atoms with E-state index in [1.807, 2.05) is 17.3 Å². The molecule has 0 amide bonds. The number of rotatable bonds is 6. The van der Waals surface area contributed by atoms with Crippen LogP contribution < -0.4 is 4.90 Å². The van der Waals surface area contributed by atoms with Crippen molar-refractivity contribution in [3.05, 3.63) is 56.9 Å².